The molecule has 1 aliphatic rings. The summed E-state index contributed by atoms with van der Waals surface area (Å²) in [6.45, 7) is 5.51. The number of hydrogen-bond acceptors (Lipinski definition) is 5. The molecule has 1 fully saturated rings. The van der Waals surface area contributed by atoms with Gasteiger partial charge in [0.1, 0.15) is 17.4 Å². The number of piperazine rings is 1. The van der Waals surface area contributed by atoms with E-state index in [-0.39, 0.29) is 11.9 Å². The Balaban J connectivity index is 2.02. The highest BCUT2D eigenvalue weighted by Gasteiger charge is 2.32. The summed E-state index contributed by atoms with van der Waals surface area (Å²) in [5.41, 5.74) is 1.06. The molecular formula is C18H22N4O2. The lowest BCUT2D eigenvalue weighted by Gasteiger charge is -2.42. The molecule has 0 bridgehead atoms. The molecule has 0 radical (unpaired) electrons. The second kappa shape index (κ2) is 6.86. The first kappa shape index (κ1) is 16.2. The van der Waals surface area contributed by atoms with E-state index in [0.717, 1.165) is 29.5 Å². The van der Waals surface area contributed by atoms with Crippen molar-refractivity contribution in [3.05, 3.63) is 47.9 Å². The molecule has 1 saturated heterocycles. The number of benzene rings is 1. The molecule has 2 aromatic rings. The highest BCUT2D eigenvalue weighted by Crippen LogP contribution is 2.34. The number of carbonyl (C=O) groups is 1. The number of para-hydroxylation sites is 1. The molecular weight excluding hydrogens is 304 g/mol. The predicted molar refractivity (Wildman–Crippen MR) is 92.1 cm³/mol. The van der Waals surface area contributed by atoms with Crippen molar-refractivity contribution in [2.45, 2.75) is 19.9 Å². The van der Waals surface area contributed by atoms with Crippen molar-refractivity contribution in [1.82, 2.24) is 14.9 Å². The van der Waals surface area contributed by atoms with Crippen LogP contribution < -0.4 is 9.64 Å². The van der Waals surface area contributed by atoms with Gasteiger partial charge >= 0.3 is 0 Å². The summed E-state index contributed by atoms with van der Waals surface area (Å²) in [6.07, 6.45) is 1.77. The Bertz CT molecular complexity index is 734. The fourth-order valence-electron chi connectivity index (χ4n) is 3.15. The standard InChI is InChI=1S/C18H22N4O2/c1-13-19-9-8-18(20-13)22-11-10-21(14(2)23)12-16(22)15-6-4-5-7-17(15)24-3/h4-9,16H,10-12H2,1-3H3. The fourth-order valence-corrected chi connectivity index (χ4v) is 3.15. The van der Waals surface area contributed by atoms with E-state index in [0.29, 0.717) is 13.1 Å². The number of aromatic nitrogens is 2. The normalized spacial score (nSPS) is 17.7. The second-order valence-electron chi connectivity index (χ2n) is 5.88. The first-order valence-electron chi connectivity index (χ1n) is 8.05. The molecule has 126 valence electrons. The topological polar surface area (TPSA) is 58.6 Å². The van der Waals surface area contributed by atoms with Gasteiger partial charge in [0.15, 0.2) is 0 Å². The summed E-state index contributed by atoms with van der Waals surface area (Å²) < 4.78 is 5.54. The summed E-state index contributed by atoms with van der Waals surface area (Å²) in [4.78, 5) is 24.7. The van der Waals surface area contributed by atoms with Gasteiger partial charge in [-0.3, -0.25) is 4.79 Å². The van der Waals surface area contributed by atoms with E-state index >= 15 is 0 Å². The number of amides is 1. The average Bonchev–Trinajstić information content (AvgIpc) is 2.61. The van der Waals surface area contributed by atoms with E-state index in [9.17, 15) is 4.79 Å². The third-order valence-electron chi connectivity index (χ3n) is 4.38. The Hall–Kier alpha value is -2.63. The number of ether oxygens (including phenoxy) is 1. The van der Waals surface area contributed by atoms with Crippen LogP contribution in [0.4, 0.5) is 5.82 Å². The molecule has 1 unspecified atom stereocenters. The maximum atomic E-state index is 11.9. The Labute approximate surface area is 142 Å². The summed E-state index contributed by atoms with van der Waals surface area (Å²) >= 11 is 0. The highest BCUT2D eigenvalue weighted by molar-refractivity contribution is 5.73. The molecule has 1 atom stereocenters. The van der Waals surface area contributed by atoms with Crippen LogP contribution in [-0.2, 0) is 4.79 Å². The number of hydrogen-bond donors (Lipinski definition) is 0. The number of anilines is 1. The van der Waals surface area contributed by atoms with E-state index in [2.05, 4.69) is 14.9 Å². The average molecular weight is 326 g/mol. The third-order valence-corrected chi connectivity index (χ3v) is 4.38. The van der Waals surface area contributed by atoms with Crippen LogP contribution in [0.25, 0.3) is 0 Å². The molecule has 1 aromatic heterocycles. The Morgan fingerprint density at radius 3 is 2.75 bits per heavy atom. The van der Waals surface area contributed by atoms with E-state index in [4.69, 9.17) is 4.74 Å². The summed E-state index contributed by atoms with van der Waals surface area (Å²) in [5, 5.41) is 0. The van der Waals surface area contributed by atoms with Gasteiger partial charge in [-0.1, -0.05) is 18.2 Å². The van der Waals surface area contributed by atoms with Gasteiger partial charge in [-0.15, -0.1) is 0 Å². The van der Waals surface area contributed by atoms with Gasteiger partial charge in [0.05, 0.1) is 13.2 Å². The first-order valence-corrected chi connectivity index (χ1v) is 8.05. The van der Waals surface area contributed by atoms with Crippen LogP contribution in [0.5, 0.6) is 5.75 Å². The molecule has 2 heterocycles. The molecule has 0 N–H and O–H groups in total. The van der Waals surface area contributed by atoms with Gasteiger partial charge in [0, 0.05) is 38.3 Å². The number of aryl methyl sites for hydroxylation is 1. The molecule has 24 heavy (non-hydrogen) atoms. The maximum Gasteiger partial charge on any atom is 0.219 e. The maximum absolute atomic E-state index is 11.9. The molecule has 6 heteroatoms. The SMILES string of the molecule is COc1ccccc1C1CN(C(C)=O)CCN1c1ccnc(C)n1. The van der Waals surface area contributed by atoms with Gasteiger partial charge in [-0.05, 0) is 19.1 Å². The van der Waals surface area contributed by atoms with E-state index in [1.807, 2.05) is 42.2 Å². The van der Waals surface area contributed by atoms with Crippen LogP contribution in [0.3, 0.4) is 0 Å². The largest absolute Gasteiger partial charge is 0.496 e. The highest BCUT2D eigenvalue weighted by atomic mass is 16.5. The zero-order valence-electron chi connectivity index (χ0n) is 14.3. The van der Waals surface area contributed by atoms with E-state index < -0.39 is 0 Å². The lowest BCUT2D eigenvalue weighted by molar-refractivity contribution is -0.129. The van der Waals surface area contributed by atoms with Crippen LogP contribution in [0.1, 0.15) is 24.4 Å². The van der Waals surface area contributed by atoms with Crippen molar-refractivity contribution in [2.75, 3.05) is 31.6 Å². The zero-order chi connectivity index (χ0) is 17.1. The first-order chi connectivity index (χ1) is 11.6. The molecule has 3 rings (SSSR count). The number of nitrogens with zero attached hydrogens (tertiary/aromatic N) is 4. The summed E-state index contributed by atoms with van der Waals surface area (Å²) in [6, 6.07) is 9.85. The molecule has 0 saturated carbocycles. The molecule has 0 aliphatic carbocycles. The molecule has 0 spiro atoms. The lowest BCUT2D eigenvalue weighted by Crippen LogP contribution is -2.50. The van der Waals surface area contributed by atoms with Crippen molar-refractivity contribution < 1.29 is 9.53 Å². The lowest BCUT2D eigenvalue weighted by atomic mass is 10.0. The van der Waals surface area contributed by atoms with E-state index in [1.165, 1.54) is 0 Å². The van der Waals surface area contributed by atoms with Gasteiger partial charge in [0.25, 0.3) is 0 Å². The minimum atomic E-state index is -0.00639. The van der Waals surface area contributed by atoms with Crippen LogP contribution in [-0.4, -0.2) is 47.5 Å². The van der Waals surface area contributed by atoms with Gasteiger partial charge in [-0.2, -0.15) is 0 Å². The smallest absolute Gasteiger partial charge is 0.219 e. The Morgan fingerprint density at radius 2 is 2.04 bits per heavy atom. The number of carbonyl (C=O) groups excluding carboxylic acids is 1. The van der Waals surface area contributed by atoms with E-state index in [1.54, 1.807) is 20.2 Å². The summed E-state index contributed by atoms with van der Waals surface area (Å²) in [7, 11) is 1.67. The monoisotopic (exact) mass is 326 g/mol. The zero-order valence-corrected chi connectivity index (χ0v) is 14.3. The third kappa shape index (κ3) is 3.18. The molecule has 1 aliphatic heterocycles. The molecule has 1 amide bonds. The quantitative estimate of drug-likeness (QED) is 0.865. The van der Waals surface area contributed by atoms with Gasteiger partial charge < -0.3 is 14.5 Å². The Kier molecular flexibility index (Phi) is 4.64. The molecule has 6 nitrogen and oxygen atoms in total. The van der Waals surface area contributed by atoms with Crippen LogP contribution >= 0.6 is 0 Å². The predicted octanol–water partition coefficient (Wildman–Crippen LogP) is 2.20. The van der Waals surface area contributed by atoms with Crippen molar-refractivity contribution in [1.29, 1.82) is 0 Å². The minimum Gasteiger partial charge on any atom is -0.496 e. The van der Waals surface area contributed by atoms with Crippen LogP contribution in [0.2, 0.25) is 0 Å². The summed E-state index contributed by atoms with van der Waals surface area (Å²) in [5.74, 6) is 2.53. The molecule has 1 aromatic carbocycles. The van der Waals surface area contributed by atoms with Crippen molar-refractivity contribution in [3.8, 4) is 5.75 Å². The van der Waals surface area contributed by atoms with Crippen molar-refractivity contribution in [2.24, 2.45) is 0 Å². The van der Waals surface area contributed by atoms with Crippen LogP contribution in [0, 0.1) is 6.92 Å². The number of rotatable bonds is 3. The van der Waals surface area contributed by atoms with Gasteiger partial charge in [0.2, 0.25) is 5.91 Å². The second-order valence-corrected chi connectivity index (χ2v) is 5.88. The number of methoxy groups -OCH3 is 1. The van der Waals surface area contributed by atoms with Crippen LogP contribution in [0.15, 0.2) is 36.5 Å². The van der Waals surface area contributed by atoms with Crippen molar-refractivity contribution >= 4 is 11.7 Å². The van der Waals surface area contributed by atoms with Crippen molar-refractivity contribution in [3.63, 3.8) is 0 Å². The Morgan fingerprint density at radius 1 is 1.25 bits per heavy atom. The van der Waals surface area contributed by atoms with Gasteiger partial charge in [-0.25, -0.2) is 9.97 Å². The minimum absolute atomic E-state index is 0.00639. The fraction of sp³-hybridized carbons (Fsp3) is 0.389.